The normalized spacial score (nSPS) is 20.5. The molecular formula is C25H29N3O3. The van der Waals surface area contributed by atoms with Crippen LogP contribution in [-0.2, 0) is 0 Å². The van der Waals surface area contributed by atoms with E-state index < -0.39 is 0 Å². The highest BCUT2D eigenvalue weighted by atomic mass is 16.3. The number of benzene rings is 2. The van der Waals surface area contributed by atoms with Gasteiger partial charge >= 0.3 is 0 Å². The number of hydrogen-bond acceptors (Lipinski definition) is 6. The largest absolute Gasteiger partial charge is 0.395 e. The molecule has 6 nitrogen and oxygen atoms in total. The maximum Gasteiger partial charge on any atom is 0.196 e. The van der Waals surface area contributed by atoms with E-state index in [4.69, 9.17) is 0 Å². The molecule has 0 amide bonds. The van der Waals surface area contributed by atoms with Crippen molar-refractivity contribution in [2.75, 3.05) is 43.4 Å². The molecule has 1 unspecified atom stereocenters. The number of rotatable bonds is 8. The van der Waals surface area contributed by atoms with Gasteiger partial charge in [-0.1, -0.05) is 24.3 Å². The third-order valence-electron chi connectivity index (χ3n) is 6.78. The van der Waals surface area contributed by atoms with Gasteiger partial charge in [0.1, 0.15) is 0 Å². The van der Waals surface area contributed by atoms with Gasteiger partial charge in [0.15, 0.2) is 11.6 Å². The molecule has 2 aliphatic carbocycles. The highest BCUT2D eigenvalue weighted by molar-refractivity contribution is 6.31. The monoisotopic (exact) mass is 419 g/mol. The Morgan fingerprint density at radius 1 is 0.903 bits per heavy atom. The summed E-state index contributed by atoms with van der Waals surface area (Å²) < 4.78 is 0. The first-order valence-electron chi connectivity index (χ1n) is 11.4. The molecule has 0 radical (unpaired) electrons. The molecule has 2 aromatic rings. The number of aliphatic hydroxyl groups is 1. The lowest BCUT2D eigenvalue weighted by atomic mass is 9.82. The first-order valence-corrected chi connectivity index (χ1v) is 11.4. The van der Waals surface area contributed by atoms with Crippen LogP contribution in [0.2, 0.25) is 0 Å². The van der Waals surface area contributed by atoms with Gasteiger partial charge in [-0.2, -0.15) is 0 Å². The third-order valence-corrected chi connectivity index (χ3v) is 6.78. The summed E-state index contributed by atoms with van der Waals surface area (Å²) >= 11 is 0. The third kappa shape index (κ3) is 3.86. The zero-order valence-electron chi connectivity index (χ0n) is 17.7. The number of likely N-dealkylation sites (tertiary alicyclic amines) is 1. The average Bonchev–Trinajstić information content (AvgIpc) is 3.52. The van der Waals surface area contributed by atoms with Crippen LogP contribution in [0, 0.1) is 5.92 Å². The minimum Gasteiger partial charge on any atom is -0.395 e. The summed E-state index contributed by atoms with van der Waals surface area (Å²) in [4.78, 5) is 29.1. The fourth-order valence-electron chi connectivity index (χ4n) is 4.82. The Bertz CT molecular complexity index is 1020. The fourth-order valence-corrected chi connectivity index (χ4v) is 4.82. The summed E-state index contributed by atoms with van der Waals surface area (Å²) in [5.41, 5.74) is 3.38. The van der Waals surface area contributed by atoms with Crippen LogP contribution in [0.4, 0.5) is 11.4 Å². The zero-order chi connectivity index (χ0) is 21.4. The first kappa shape index (κ1) is 20.2. The quantitative estimate of drug-likeness (QED) is 0.520. The average molecular weight is 420 g/mol. The van der Waals surface area contributed by atoms with Crippen molar-refractivity contribution >= 4 is 22.9 Å². The number of fused-ring (bicyclic) bond motifs is 2. The number of carbonyl (C=O) groups is 2. The Hall–Kier alpha value is -2.70. The molecule has 5 rings (SSSR count). The molecule has 3 N–H and O–H groups in total. The number of anilines is 2. The van der Waals surface area contributed by atoms with Crippen molar-refractivity contribution in [3.05, 3.63) is 58.7 Å². The minimum absolute atomic E-state index is 0.0907. The van der Waals surface area contributed by atoms with E-state index in [2.05, 4.69) is 15.5 Å². The van der Waals surface area contributed by atoms with Crippen molar-refractivity contribution in [2.45, 2.75) is 31.7 Å². The number of carbonyl (C=O) groups excluding carboxylic acids is 2. The minimum atomic E-state index is -0.0998. The van der Waals surface area contributed by atoms with Crippen molar-refractivity contribution in [1.82, 2.24) is 4.90 Å². The number of aliphatic hydroxyl groups excluding tert-OH is 1. The van der Waals surface area contributed by atoms with Crippen molar-refractivity contribution in [3.8, 4) is 0 Å². The molecule has 3 aliphatic rings. The molecule has 1 heterocycles. The molecule has 1 aliphatic heterocycles. The second-order valence-electron chi connectivity index (χ2n) is 8.88. The molecular weight excluding hydrogens is 390 g/mol. The van der Waals surface area contributed by atoms with Crippen LogP contribution < -0.4 is 10.6 Å². The molecule has 1 saturated heterocycles. The summed E-state index contributed by atoms with van der Waals surface area (Å²) in [6, 6.07) is 11.2. The van der Waals surface area contributed by atoms with Crippen LogP contribution in [-0.4, -0.2) is 60.4 Å². The zero-order valence-corrected chi connectivity index (χ0v) is 17.7. The standard InChI is InChI=1S/C25H29N3O3/c29-15-17-4-3-12-28(17)13-11-26-20-9-10-21(27-14-16-7-8-16)23-22(20)24(30)18-5-1-2-6-19(18)25(23)31/h1-2,5-6,9-10,16-17,26-27,29H,3-4,7-8,11-15H2. The van der Waals surface area contributed by atoms with E-state index in [9.17, 15) is 14.7 Å². The Labute approximate surface area is 182 Å². The molecule has 1 saturated carbocycles. The number of hydrogen-bond donors (Lipinski definition) is 3. The van der Waals surface area contributed by atoms with Crippen molar-refractivity contribution in [2.24, 2.45) is 5.92 Å². The van der Waals surface area contributed by atoms with Gasteiger partial charge in [0.2, 0.25) is 0 Å². The molecule has 0 spiro atoms. The highest BCUT2D eigenvalue weighted by Crippen LogP contribution is 2.37. The van der Waals surface area contributed by atoms with Crippen molar-refractivity contribution in [1.29, 1.82) is 0 Å². The van der Waals surface area contributed by atoms with Crippen molar-refractivity contribution < 1.29 is 14.7 Å². The van der Waals surface area contributed by atoms with Crippen LogP contribution in [0.15, 0.2) is 36.4 Å². The number of ketones is 2. The van der Waals surface area contributed by atoms with E-state index in [0.717, 1.165) is 38.2 Å². The topological polar surface area (TPSA) is 81.7 Å². The van der Waals surface area contributed by atoms with E-state index in [1.54, 1.807) is 18.2 Å². The van der Waals surface area contributed by atoms with Gasteiger partial charge in [0, 0.05) is 48.2 Å². The summed E-state index contributed by atoms with van der Waals surface area (Å²) in [6.45, 7) is 3.45. The second kappa shape index (κ2) is 8.44. The maximum atomic E-state index is 13.4. The second-order valence-corrected chi connectivity index (χ2v) is 8.88. The Kier molecular flexibility index (Phi) is 5.50. The van der Waals surface area contributed by atoms with Gasteiger partial charge in [0.05, 0.1) is 17.7 Å². The maximum absolute atomic E-state index is 13.4. The van der Waals surface area contributed by atoms with E-state index in [1.807, 2.05) is 18.2 Å². The summed E-state index contributed by atoms with van der Waals surface area (Å²) in [6.07, 6.45) is 4.56. The van der Waals surface area contributed by atoms with Crippen LogP contribution >= 0.6 is 0 Å². The van der Waals surface area contributed by atoms with Crippen LogP contribution in [0.25, 0.3) is 0 Å². The van der Waals surface area contributed by atoms with E-state index >= 15 is 0 Å². The SMILES string of the molecule is O=C1c2ccccc2C(=O)c2c(NCC3CC3)ccc(NCCN3CCCC3CO)c21. The Morgan fingerprint density at radius 3 is 2.16 bits per heavy atom. The summed E-state index contributed by atoms with van der Waals surface area (Å²) in [5.74, 6) is 0.472. The van der Waals surface area contributed by atoms with Crippen LogP contribution in [0.3, 0.4) is 0 Å². The molecule has 162 valence electrons. The van der Waals surface area contributed by atoms with Gasteiger partial charge in [-0.25, -0.2) is 0 Å². The molecule has 0 aromatic heterocycles. The molecule has 2 fully saturated rings. The summed E-state index contributed by atoms with van der Waals surface area (Å²) in [5, 5.41) is 16.4. The first-order chi connectivity index (χ1) is 15.2. The smallest absolute Gasteiger partial charge is 0.196 e. The van der Waals surface area contributed by atoms with Gasteiger partial charge in [-0.15, -0.1) is 0 Å². The molecule has 0 bridgehead atoms. The number of nitrogens with one attached hydrogen (secondary N) is 2. The predicted molar refractivity (Wildman–Crippen MR) is 121 cm³/mol. The molecule has 31 heavy (non-hydrogen) atoms. The van der Waals surface area contributed by atoms with Gasteiger partial charge in [-0.3, -0.25) is 14.5 Å². The lowest BCUT2D eigenvalue weighted by Crippen LogP contribution is -2.36. The highest BCUT2D eigenvalue weighted by Gasteiger charge is 2.34. The lowest BCUT2D eigenvalue weighted by Gasteiger charge is -2.25. The predicted octanol–water partition coefficient (Wildman–Crippen LogP) is 3.15. The molecule has 1 atom stereocenters. The van der Waals surface area contributed by atoms with Crippen molar-refractivity contribution in [3.63, 3.8) is 0 Å². The molecule has 6 heteroatoms. The van der Waals surface area contributed by atoms with Crippen LogP contribution in [0.5, 0.6) is 0 Å². The van der Waals surface area contributed by atoms with E-state index in [-0.39, 0.29) is 24.2 Å². The Morgan fingerprint density at radius 2 is 1.55 bits per heavy atom. The number of nitrogens with zero attached hydrogens (tertiary/aromatic N) is 1. The van der Waals surface area contributed by atoms with E-state index in [0.29, 0.717) is 40.4 Å². The van der Waals surface area contributed by atoms with Crippen LogP contribution in [0.1, 0.15) is 57.5 Å². The summed E-state index contributed by atoms with van der Waals surface area (Å²) in [7, 11) is 0. The van der Waals surface area contributed by atoms with E-state index in [1.165, 1.54) is 12.8 Å². The molecule has 2 aromatic carbocycles. The van der Waals surface area contributed by atoms with Gasteiger partial charge in [-0.05, 0) is 50.3 Å². The fraction of sp³-hybridized carbons (Fsp3) is 0.440. The van der Waals surface area contributed by atoms with Gasteiger partial charge in [0.25, 0.3) is 0 Å². The Balaban J connectivity index is 1.43. The van der Waals surface area contributed by atoms with Gasteiger partial charge < -0.3 is 15.7 Å². The lowest BCUT2D eigenvalue weighted by molar-refractivity contribution is 0.0980.